The topological polar surface area (TPSA) is 44.8 Å². The van der Waals surface area contributed by atoms with Crippen LogP contribution < -0.4 is 0 Å². The summed E-state index contributed by atoms with van der Waals surface area (Å²) in [6.07, 6.45) is -1.14. The van der Waals surface area contributed by atoms with Crippen LogP contribution in [0.15, 0.2) is 24.3 Å². The van der Waals surface area contributed by atoms with Gasteiger partial charge in [0.25, 0.3) is 0 Å². The minimum atomic E-state index is -0.786. The third-order valence-electron chi connectivity index (χ3n) is 3.03. The molecule has 98 valence electrons. The lowest BCUT2D eigenvalue weighted by Crippen LogP contribution is -2.29. The van der Waals surface area contributed by atoms with Crippen molar-refractivity contribution in [3.63, 3.8) is 0 Å². The Morgan fingerprint density at radius 2 is 1.94 bits per heavy atom. The van der Waals surface area contributed by atoms with E-state index < -0.39 is 24.0 Å². The molecule has 1 saturated heterocycles. The third kappa shape index (κ3) is 2.40. The molecule has 0 spiro atoms. The van der Waals surface area contributed by atoms with Gasteiger partial charge in [-0.2, -0.15) is 0 Å². The molecule has 0 radical (unpaired) electrons. The van der Waals surface area contributed by atoms with E-state index in [4.69, 9.17) is 14.2 Å². The van der Waals surface area contributed by atoms with Crippen molar-refractivity contribution >= 4 is 5.97 Å². The van der Waals surface area contributed by atoms with Gasteiger partial charge in [0.2, 0.25) is 0 Å². The first-order valence-electron chi connectivity index (χ1n) is 5.93. The van der Waals surface area contributed by atoms with E-state index in [2.05, 4.69) is 0 Å². The van der Waals surface area contributed by atoms with Crippen LogP contribution in [0.4, 0.5) is 0 Å². The standard InChI is InChI=1S/C14H18O4/c1-9-7-5-6-8-10(9)11-12(13(15)16-4)18-14(2,3)17-11/h5-8,11-12H,1-4H3. The highest BCUT2D eigenvalue weighted by atomic mass is 16.8. The summed E-state index contributed by atoms with van der Waals surface area (Å²) in [7, 11) is 1.35. The normalized spacial score (nSPS) is 26.0. The maximum absolute atomic E-state index is 11.8. The highest BCUT2D eigenvalue weighted by Crippen LogP contribution is 2.39. The molecule has 0 bridgehead atoms. The van der Waals surface area contributed by atoms with Crippen molar-refractivity contribution < 1.29 is 19.0 Å². The maximum Gasteiger partial charge on any atom is 0.338 e. The van der Waals surface area contributed by atoms with Crippen LogP contribution >= 0.6 is 0 Å². The summed E-state index contributed by atoms with van der Waals surface area (Å²) >= 11 is 0. The van der Waals surface area contributed by atoms with Crippen molar-refractivity contribution in [2.75, 3.05) is 7.11 Å². The fourth-order valence-electron chi connectivity index (χ4n) is 2.18. The molecule has 0 saturated carbocycles. The average molecular weight is 250 g/mol. The van der Waals surface area contributed by atoms with Gasteiger partial charge in [-0.15, -0.1) is 0 Å². The number of hydrogen-bond donors (Lipinski definition) is 0. The molecule has 2 rings (SSSR count). The van der Waals surface area contributed by atoms with Gasteiger partial charge in [-0.05, 0) is 31.9 Å². The maximum atomic E-state index is 11.8. The Bertz CT molecular complexity index is 453. The smallest absolute Gasteiger partial charge is 0.338 e. The molecule has 2 atom stereocenters. The second-order valence-corrected chi connectivity index (χ2v) is 4.86. The molecule has 1 aromatic carbocycles. The molecule has 1 fully saturated rings. The van der Waals surface area contributed by atoms with Crippen LogP contribution in [-0.2, 0) is 19.0 Å². The molecular weight excluding hydrogens is 232 g/mol. The predicted octanol–water partition coefficient (Wildman–Crippen LogP) is 2.36. The number of rotatable bonds is 2. The Morgan fingerprint density at radius 1 is 1.28 bits per heavy atom. The van der Waals surface area contributed by atoms with Gasteiger partial charge in [-0.3, -0.25) is 0 Å². The Labute approximate surface area is 107 Å². The van der Waals surface area contributed by atoms with Crippen LogP contribution in [0.5, 0.6) is 0 Å². The van der Waals surface area contributed by atoms with Crippen LogP contribution in [0.3, 0.4) is 0 Å². The summed E-state index contributed by atoms with van der Waals surface area (Å²) in [4.78, 5) is 11.8. The summed E-state index contributed by atoms with van der Waals surface area (Å²) < 4.78 is 16.2. The molecule has 1 aliphatic heterocycles. The molecule has 18 heavy (non-hydrogen) atoms. The van der Waals surface area contributed by atoms with Crippen LogP contribution in [0, 0.1) is 6.92 Å². The summed E-state index contributed by atoms with van der Waals surface area (Å²) in [5.41, 5.74) is 2.02. The molecular formula is C14H18O4. The van der Waals surface area contributed by atoms with Crippen molar-refractivity contribution in [2.24, 2.45) is 0 Å². The first-order chi connectivity index (χ1) is 8.44. The summed E-state index contributed by atoms with van der Waals surface area (Å²) in [5, 5.41) is 0. The minimum absolute atomic E-state index is 0.408. The lowest BCUT2D eigenvalue weighted by Gasteiger charge is -2.18. The van der Waals surface area contributed by atoms with E-state index in [1.165, 1.54) is 7.11 Å². The van der Waals surface area contributed by atoms with Crippen molar-refractivity contribution in [1.82, 2.24) is 0 Å². The summed E-state index contributed by atoms with van der Waals surface area (Å²) in [6, 6.07) is 7.80. The Hall–Kier alpha value is -1.39. The number of esters is 1. The van der Waals surface area contributed by atoms with E-state index in [-0.39, 0.29) is 0 Å². The number of hydrogen-bond acceptors (Lipinski definition) is 4. The third-order valence-corrected chi connectivity index (χ3v) is 3.03. The minimum Gasteiger partial charge on any atom is -0.467 e. The van der Waals surface area contributed by atoms with Gasteiger partial charge in [0.1, 0.15) is 6.10 Å². The first-order valence-corrected chi connectivity index (χ1v) is 5.93. The van der Waals surface area contributed by atoms with E-state index in [9.17, 15) is 4.79 Å². The highest BCUT2D eigenvalue weighted by Gasteiger charge is 2.46. The quantitative estimate of drug-likeness (QED) is 0.756. The second kappa shape index (κ2) is 4.71. The number of carbonyl (C=O) groups is 1. The monoisotopic (exact) mass is 250 g/mol. The zero-order chi connectivity index (χ0) is 13.3. The van der Waals surface area contributed by atoms with E-state index in [1.54, 1.807) is 13.8 Å². The zero-order valence-corrected chi connectivity index (χ0v) is 11.1. The summed E-state index contributed by atoms with van der Waals surface area (Å²) in [5.74, 6) is -1.19. The van der Waals surface area contributed by atoms with Crippen molar-refractivity contribution in [3.05, 3.63) is 35.4 Å². The molecule has 1 aromatic rings. The Kier molecular flexibility index (Phi) is 3.41. The van der Waals surface area contributed by atoms with Gasteiger partial charge in [-0.1, -0.05) is 24.3 Å². The fourth-order valence-corrected chi connectivity index (χ4v) is 2.18. The van der Waals surface area contributed by atoms with Crippen molar-refractivity contribution in [3.8, 4) is 0 Å². The predicted molar refractivity (Wildman–Crippen MR) is 66.0 cm³/mol. The largest absolute Gasteiger partial charge is 0.467 e. The second-order valence-electron chi connectivity index (χ2n) is 4.86. The molecule has 4 nitrogen and oxygen atoms in total. The van der Waals surface area contributed by atoms with Crippen LogP contribution in [0.1, 0.15) is 31.1 Å². The van der Waals surface area contributed by atoms with Crippen LogP contribution in [0.25, 0.3) is 0 Å². The number of aryl methyl sites for hydroxylation is 1. The lowest BCUT2D eigenvalue weighted by molar-refractivity contribution is -0.168. The Balaban J connectivity index is 2.35. The summed E-state index contributed by atoms with van der Waals surface area (Å²) in [6.45, 7) is 5.57. The van der Waals surface area contributed by atoms with Crippen molar-refractivity contribution in [2.45, 2.75) is 38.8 Å². The van der Waals surface area contributed by atoms with Gasteiger partial charge in [0, 0.05) is 0 Å². The van der Waals surface area contributed by atoms with Gasteiger partial charge >= 0.3 is 5.97 Å². The van der Waals surface area contributed by atoms with Gasteiger partial charge in [-0.25, -0.2) is 4.79 Å². The molecule has 0 N–H and O–H groups in total. The first kappa shape index (κ1) is 13.1. The zero-order valence-electron chi connectivity index (χ0n) is 11.1. The van der Waals surface area contributed by atoms with E-state index in [1.807, 2.05) is 31.2 Å². The van der Waals surface area contributed by atoms with Gasteiger partial charge in [0.15, 0.2) is 11.9 Å². The number of methoxy groups -OCH3 is 1. The van der Waals surface area contributed by atoms with Gasteiger partial charge in [0.05, 0.1) is 7.11 Å². The molecule has 0 aromatic heterocycles. The molecule has 2 unspecified atom stereocenters. The van der Waals surface area contributed by atoms with E-state index in [0.717, 1.165) is 11.1 Å². The molecule has 0 aliphatic carbocycles. The average Bonchev–Trinajstić information content (AvgIpc) is 2.65. The Morgan fingerprint density at radius 3 is 2.56 bits per heavy atom. The van der Waals surface area contributed by atoms with Crippen LogP contribution in [0.2, 0.25) is 0 Å². The van der Waals surface area contributed by atoms with E-state index >= 15 is 0 Å². The van der Waals surface area contributed by atoms with E-state index in [0.29, 0.717) is 0 Å². The number of carbonyl (C=O) groups excluding carboxylic acids is 1. The fraction of sp³-hybridized carbons (Fsp3) is 0.500. The molecule has 0 amide bonds. The highest BCUT2D eigenvalue weighted by molar-refractivity contribution is 5.76. The van der Waals surface area contributed by atoms with Crippen LogP contribution in [-0.4, -0.2) is 25.0 Å². The number of benzene rings is 1. The molecule has 1 aliphatic rings. The number of ether oxygens (including phenoxy) is 3. The molecule has 4 heteroatoms. The SMILES string of the molecule is COC(=O)C1OC(C)(C)OC1c1ccccc1C. The van der Waals surface area contributed by atoms with Crippen molar-refractivity contribution in [1.29, 1.82) is 0 Å². The van der Waals surface area contributed by atoms with Gasteiger partial charge < -0.3 is 14.2 Å². The lowest BCUT2D eigenvalue weighted by atomic mass is 10.00. The molecule has 1 heterocycles.